The van der Waals surface area contributed by atoms with E-state index in [1.807, 2.05) is 6.26 Å². The molecular formula is C12H20N2O5S. The Morgan fingerprint density at radius 1 is 1.60 bits per heavy atom. The first-order valence-corrected chi connectivity index (χ1v) is 7.71. The number of thioether (sulfide) groups is 1. The largest absolute Gasteiger partial charge is 0.481 e. The zero-order valence-corrected chi connectivity index (χ0v) is 12.4. The van der Waals surface area contributed by atoms with Crippen LogP contribution in [-0.2, 0) is 19.1 Å². The highest BCUT2D eigenvalue weighted by molar-refractivity contribution is 7.98. The van der Waals surface area contributed by atoms with E-state index in [-0.39, 0.29) is 24.8 Å². The van der Waals surface area contributed by atoms with Gasteiger partial charge in [-0.05, 0) is 18.4 Å². The lowest BCUT2D eigenvalue weighted by Gasteiger charge is -2.24. The molecule has 1 heterocycles. The Labute approximate surface area is 121 Å². The Kier molecular flexibility index (Phi) is 6.80. The maximum Gasteiger partial charge on any atom is 0.322 e. The average molecular weight is 304 g/mol. The summed E-state index contributed by atoms with van der Waals surface area (Å²) in [5, 5.41) is 14.5. The lowest BCUT2D eigenvalue weighted by Crippen LogP contribution is -2.49. The smallest absolute Gasteiger partial charge is 0.322 e. The van der Waals surface area contributed by atoms with Crippen LogP contribution in [0.2, 0.25) is 0 Å². The van der Waals surface area contributed by atoms with Crippen LogP contribution in [0, 0.1) is 0 Å². The summed E-state index contributed by atoms with van der Waals surface area (Å²) in [5.74, 6) is -0.817. The van der Waals surface area contributed by atoms with Crippen molar-refractivity contribution in [3.8, 4) is 0 Å². The number of carbonyl (C=O) groups excluding carboxylic acids is 2. The molecule has 20 heavy (non-hydrogen) atoms. The first kappa shape index (κ1) is 16.8. The van der Waals surface area contributed by atoms with Gasteiger partial charge in [0, 0.05) is 12.5 Å². The molecule has 114 valence electrons. The van der Waals surface area contributed by atoms with Crippen molar-refractivity contribution in [3.63, 3.8) is 0 Å². The third-order valence-electron chi connectivity index (χ3n) is 3.14. The molecule has 1 aliphatic rings. The number of carboxylic acid groups (broad SMARTS) is 1. The summed E-state index contributed by atoms with van der Waals surface area (Å²) in [4.78, 5) is 33.9. The molecule has 1 amide bonds. The summed E-state index contributed by atoms with van der Waals surface area (Å²) in [6.45, 7) is 0. The van der Waals surface area contributed by atoms with Crippen LogP contribution in [0.25, 0.3) is 0 Å². The number of carbonyl (C=O) groups is 3. The van der Waals surface area contributed by atoms with Gasteiger partial charge in [0.15, 0.2) is 0 Å². The topological polar surface area (TPSA) is 105 Å². The van der Waals surface area contributed by atoms with Crippen LogP contribution in [0.5, 0.6) is 0 Å². The van der Waals surface area contributed by atoms with E-state index in [4.69, 9.17) is 9.84 Å². The van der Waals surface area contributed by atoms with Gasteiger partial charge >= 0.3 is 11.9 Å². The molecular weight excluding hydrogens is 284 g/mol. The fourth-order valence-electron chi connectivity index (χ4n) is 2.17. The maximum absolute atomic E-state index is 11.7. The number of esters is 1. The second-order valence-electron chi connectivity index (χ2n) is 4.61. The first-order valence-electron chi connectivity index (χ1n) is 6.32. The second kappa shape index (κ2) is 8.11. The molecule has 0 aliphatic carbocycles. The molecule has 1 rings (SSSR count). The molecule has 0 aromatic heterocycles. The quantitative estimate of drug-likeness (QED) is 0.524. The standard InChI is InChI=1S/C12H20N2O5S/c1-19-12(18)7(3-4-20-2)13-8-5-10(15)14-9(8)6-11(16)17/h7-9,13H,3-6H2,1-2H3,(H,14,15)(H,16,17)/t7-,8+,9-/m0/s1. The van der Waals surface area contributed by atoms with Crippen molar-refractivity contribution in [2.75, 3.05) is 19.1 Å². The number of nitrogens with one attached hydrogen (secondary N) is 2. The van der Waals surface area contributed by atoms with E-state index >= 15 is 0 Å². The minimum absolute atomic E-state index is 0.167. The zero-order chi connectivity index (χ0) is 15.1. The summed E-state index contributed by atoms with van der Waals surface area (Å²) in [6.07, 6.45) is 2.51. The van der Waals surface area contributed by atoms with Crippen LogP contribution in [0.4, 0.5) is 0 Å². The Balaban J connectivity index is 2.66. The van der Waals surface area contributed by atoms with Gasteiger partial charge in [-0.3, -0.25) is 19.7 Å². The monoisotopic (exact) mass is 304 g/mol. The average Bonchev–Trinajstić information content (AvgIpc) is 2.72. The van der Waals surface area contributed by atoms with E-state index in [0.29, 0.717) is 6.42 Å². The summed E-state index contributed by atoms with van der Waals surface area (Å²) < 4.78 is 4.73. The van der Waals surface area contributed by atoms with Crippen LogP contribution in [0.15, 0.2) is 0 Å². The van der Waals surface area contributed by atoms with Crippen molar-refractivity contribution in [1.82, 2.24) is 10.6 Å². The molecule has 0 radical (unpaired) electrons. The van der Waals surface area contributed by atoms with E-state index in [1.165, 1.54) is 7.11 Å². The van der Waals surface area contributed by atoms with Crippen LogP contribution in [-0.4, -0.2) is 60.2 Å². The molecule has 7 nitrogen and oxygen atoms in total. The van der Waals surface area contributed by atoms with Crippen molar-refractivity contribution in [2.24, 2.45) is 0 Å². The number of methoxy groups -OCH3 is 1. The van der Waals surface area contributed by atoms with Crippen molar-refractivity contribution >= 4 is 29.6 Å². The van der Waals surface area contributed by atoms with Crippen molar-refractivity contribution in [3.05, 3.63) is 0 Å². The number of ether oxygens (including phenoxy) is 1. The third-order valence-corrected chi connectivity index (χ3v) is 3.79. The van der Waals surface area contributed by atoms with E-state index in [2.05, 4.69) is 10.6 Å². The number of hydrogen-bond donors (Lipinski definition) is 3. The predicted molar refractivity (Wildman–Crippen MR) is 74.5 cm³/mol. The highest BCUT2D eigenvalue weighted by Gasteiger charge is 2.36. The lowest BCUT2D eigenvalue weighted by atomic mass is 10.0. The lowest BCUT2D eigenvalue weighted by molar-refractivity contribution is -0.143. The maximum atomic E-state index is 11.7. The van der Waals surface area contributed by atoms with Crippen molar-refractivity contribution in [1.29, 1.82) is 0 Å². The molecule has 0 aromatic carbocycles. The van der Waals surface area contributed by atoms with Gasteiger partial charge in [0.2, 0.25) is 5.91 Å². The number of aliphatic carboxylic acids is 1. The second-order valence-corrected chi connectivity index (χ2v) is 5.59. The van der Waals surface area contributed by atoms with Gasteiger partial charge in [-0.15, -0.1) is 0 Å². The Bertz CT molecular complexity index is 377. The fourth-order valence-corrected chi connectivity index (χ4v) is 2.64. The highest BCUT2D eigenvalue weighted by atomic mass is 32.2. The van der Waals surface area contributed by atoms with Crippen LogP contribution >= 0.6 is 11.8 Å². The van der Waals surface area contributed by atoms with E-state index in [1.54, 1.807) is 11.8 Å². The van der Waals surface area contributed by atoms with Gasteiger partial charge in [0.1, 0.15) is 6.04 Å². The van der Waals surface area contributed by atoms with E-state index < -0.39 is 24.0 Å². The van der Waals surface area contributed by atoms with E-state index in [9.17, 15) is 14.4 Å². The molecule has 0 unspecified atom stereocenters. The summed E-state index contributed by atoms with van der Waals surface area (Å²) in [5.41, 5.74) is 0. The third kappa shape index (κ3) is 5.01. The fraction of sp³-hybridized carbons (Fsp3) is 0.750. The SMILES string of the molecule is COC(=O)[C@H](CCSC)N[C@@H]1CC(=O)N[C@H]1CC(=O)O. The van der Waals surface area contributed by atoms with Gasteiger partial charge in [-0.2, -0.15) is 11.8 Å². The molecule has 0 saturated carbocycles. The molecule has 3 atom stereocenters. The Morgan fingerprint density at radius 2 is 2.30 bits per heavy atom. The molecule has 1 fully saturated rings. The predicted octanol–water partition coefficient (Wildman–Crippen LogP) is -0.397. The van der Waals surface area contributed by atoms with Gasteiger partial charge in [0.05, 0.1) is 19.6 Å². The molecule has 1 aliphatic heterocycles. The van der Waals surface area contributed by atoms with Crippen molar-refractivity contribution in [2.45, 2.75) is 37.4 Å². The number of carboxylic acids is 1. The van der Waals surface area contributed by atoms with Gasteiger partial charge in [0.25, 0.3) is 0 Å². The molecule has 1 saturated heterocycles. The summed E-state index contributed by atoms with van der Waals surface area (Å²) in [7, 11) is 1.31. The van der Waals surface area contributed by atoms with Gasteiger partial charge < -0.3 is 15.2 Å². The minimum atomic E-state index is -0.984. The summed E-state index contributed by atoms with van der Waals surface area (Å²) >= 11 is 1.60. The van der Waals surface area contributed by atoms with Gasteiger partial charge in [-0.1, -0.05) is 0 Å². The Hall–Kier alpha value is -1.28. The molecule has 0 bridgehead atoms. The molecule has 0 spiro atoms. The number of rotatable bonds is 8. The number of hydrogen-bond acceptors (Lipinski definition) is 6. The van der Waals surface area contributed by atoms with E-state index in [0.717, 1.165) is 5.75 Å². The van der Waals surface area contributed by atoms with Gasteiger partial charge in [-0.25, -0.2) is 0 Å². The minimum Gasteiger partial charge on any atom is -0.481 e. The summed E-state index contributed by atoms with van der Waals surface area (Å²) in [6, 6.07) is -1.40. The van der Waals surface area contributed by atoms with Crippen LogP contribution < -0.4 is 10.6 Å². The van der Waals surface area contributed by atoms with Crippen LogP contribution in [0.1, 0.15) is 19.3 Å². The Morgan fingerprint density at radius 3 is 2.85 bits per heavy atom. The highest BCUT2D eigenvalue weighted by Crippen LogP contribution is 2.14. The normalized spacial score (nSPS) is 23.2. The zero-order valence-electron chi connectivity index (χ0n) is 11.5. The molecule has 3 N–H and O–H groups in total. The molecule has 8 heteroatoms. The molecule has 0 aromatic rings. The van der Waals surface area contributed by atoms with Crippen LogP contribution in [0.3, 0.4) is 0 Å². The number of amides is 1. The first-order chi connectivity index (χ1) is 9.47. The van der Waals surface area contributed by atoms with Crippen molar-refractivity contribution < 1.29 is 24.2 Å².